The summed E-state index contributed by atoms with van der Waals surface area (Å²) in [5.74, 6) is 2.24. The first-order valence-corrected chi connectivity index (χ1v) is 11.2. The van der Waals surface area contributed by atoms with Crippen molar-refractivity contribution in [3.63, 3.8) is 0 Å². The maximum atomic E-state index is 13.4. The Kier molecular flexibility index (Phi) is 7.34. The number of rotatable bonds is 9. The van der Waals surface area contributed by atoms with Gasteiger partial charge in [0.15, 0.2) is 11.6 Å². The lowest BCUT2D eigenvalue weighted by Crippen LogP contribution is -2.36. The van der Waals surface area contributed by atoms with Crippen molar-refractivity contribution in [3.05, 3.63) is 70.8 Å². The highest BCUT2D eigenvalue weighted by molar-refractivity contribution is 5.29. The molecule has 3 nitrogen and oxygen atoms in total. The molecular weight excluding hydrogens is 392 g/mol. The number of hydrogen-bond acceptors (Lipinski definition) is 3. The molecule has 1 aliphatic heterocycles. The lowest BCUT2D eigenvalue weighted by Gasteiger charge is -2.29. The van der Waals surface area contributed by atoms with Gasteiger partial charge in [0.05, 0.1) is 6.54 Å². The molecule has 0 aromatic heterocycles. The van der Waals surface area contributed by atoms with Crippen molar-refractivity contribution in [2.75, 3.05) is 26.2 Å². The smallest absolute Gasteiger partial charge is 0.159 e. The van der Waals surface area contributed by atoms with E-state index in [-0.39, 0.29) is 5.92 Å². The van der Waals surface area contributed by atoms with E-state index in [2.05, 4.69) is 45.7 Å². The van der Waals surface area contributed by atoms with Crippen LogP contribution in [-0.4, -0.2) is 37.1 Å². The molecule has 1 saturated carbocycles. The van der Waals surface area contributed by atoms with Crippen molar-refractivity contribution < 1.29 is 8.78 Å². The lowest BCUT2D eigenvalue weighted by molar-refractivity contribution is 0.218. The monoisotopic (exact) mass is 423 g/mol. The van der Waals surface area contributed by atoms with E-state index in [1.54, 1.807) is 6.07 Å². The van der Waals surface area contributed by atoms with Crippen molar-refractivity contribution in [1.82, 2.24) is 15.5 Å². The van der Waals surface area contributed by atoms with Crippen LogP contribution < -0.4 is 10.6 Å². The van der Waals surface area contributed by atoms with Crippen molar-refractivity contribution in [1.29, 1.82) is 0 Å². The summed E-state index contributed by atoms with van der Waals surface area (Å²) in [6, 6.07) is 13.2. The number of nitrogens with one attached hydrogen (secondary N) is 2. The third-order valence-corrected chi connectivity index (χ3v) is 6.45. The average Bonchev–Trinajstić information content (AvgIpc) is 3.56. The van der Waals surface area contributed by atoms with Crippen LogP contribution in [0.2, 0.25) is 0 Å². The Hall–Kier alpha value is -2.26. The van der Waals surface area contributed by atoms with Crippen LogP contribution in [0.25, 0.3) is 0 Å². The predicted molar refractivity (Wildman–Crippen MR) is 120 cm³/mol. The Morgan fingerprint density at radius 2 is 1.77 bits per heavy atom. The van der Waals surface area contributed by atoms with E-state index >= 15 is 0 Å². The van der Waals surface area contributed by atoms with E-state index in [1.165, 1.54) is 36.1 Å². The highest BCUT2D eigenvalue weighted by Crippen LogP contribution is 2.41. The fourth-order valence-electron chi connectivity index (χ4n) is 4.55. The van der Waals surface area contributed by atoms with Crippen molar-refractivity contribution in [2.45, 2.75) is 44.3 Å². The minimum atomic E-state index is -0.787. The zero-order chi connectivity index (χ0) is 21.6. The number of hydrogen-bond donors (Lipinski definition) is 2. The van der Waals surface area contributed by atoms with E-state index in [1.807, 2.05) is 0 Å². The second-order valence-electron chi connectivity index (χ2n) is 8.89. The second kappa shape index (κ2) is 10.4. The summed E-state index contributed by atoms with van der Waals surface area (Å²) in [6.07, 6.45) is 9.00. The van der Waals surface area contributed by atoms with Crippen LogP contribution in [0.1, 0.15) is 41.9 Å². The third kappa shape index (κ3) is 6.13. The first-order valence-electron chi connectivity index (χ1n) is 11.2. The van der Waals surface area contributed by atoms with E-state index in [0.717, 1.165) is 50.6 Å². The predicted octanol–water partition coefficient (Wildman–Crippen LogP) is 4.05. The zero-order valence-corrected chi connectivity index (χ0v) is 17.9. The van der Waals surface area contributed by atoms with Gasteiger partial charge in [0.1, 0.15) is 0 Å². The molecule has 2 aromatic carbocycles. The van der Waals surface area contributed by atoms with Gasteiger partial charge in [-0.25, -0.2) is 8.78 Å². The zero-order valence-electron chi connectivity index (χ0n) is 17.9. The fraction of sp³-hybridized carbons (Fsp3) is 0.462. The normalized spacial score (nSPS) is 21.2. The molecule has 1 heterocycles. The highest BCUT2D eigenvalue weighted by atomic mass is 19.2. The average molecular weight is 424 g/mol. The maximum Gasteiger partial charge on any atom is 0.159 e. The molecule has 2 atom stereocenters. The van der Waals surface area contributed by atoms with Crippen LogP contribution in [0.4, 0.5) is 8.78 Å². The van der Waals surface area contributed by atoms with Crippen molar-refractivity contribution >= 4 is 0 Å². The van der Waals surface area contributed by atoms with Gasteiger partial charge in [-0.05, 0) is 67.1 Å². The Balaban J connectivity index is 1.25. The Bertz CT molecular complexity index is 900. The van der Waals surface area contributed by atoms with E-state index in [0.29, 0.717) is 12.6 Å². The van der Waals surface area contributed by atoms with Crippen LogP contribution in [0.15, 0.2) is 42.5 Å². The molecule has 1 aliphatic carbocycles. The molecule has 0 amide bonds. The van der Waals surface area contributed by atoms with Crippen LogP contribution in [0.3, 0.4) is 0 Å². The number of nitrogens with zero attached hydrogens (tertiary/aromatic N) is 1. The van der Waals surface area contributed by atoms with Gasteiger partial charge in [-0.3, -0.25) is 4.90 Å². The van der Waals surface area contributed by atoms with Crippen LogP contribution in [0.5, 0.6) is 0 Å². The molecule has 0 bridgehead atoms. The van der Waals surface area contributed by atoms with Crippen LogP contribution in [-0.2, 0) is 13.1 Å². The quantitative estimate of drug-likeness (QED) is 0.596. The van der Waals surface area contributed by atoms with Gasteiger partial charge in [-0.1, -0.05) is 36.3 Å². The van der Waals surface area contributed by atoms with Crippen molar-refractivity contribution in [3.8, 4) is 12.3 Å². The Morgan fingerprint density at radius 1 is 1.03 bits per heavy atom. The molecule has 4 rings (SSSR count). The van der Waals surface area contributed by atoms with Gasteiger partial charge < -0.3 is 10.6 Å². The summed E-state index contributed by atoms with van der Waals surface area (Å²) in [7, 11) is 0. The largest absolute Gasteiger partial charge is 0.317 e. The second-order valence-corrected chi connectivity index (χ2v) is 8.89. The number of piperidine rings is 1. The summed E-state index contributed by atoms with van der Waals surface area (Å²) < 4.78 is 26.6. The molecule has 0 unspecified atom stereocenters. The molecule has 2 fully saturated rings. The fourth-order valence-corrected chi connectivity index (χ4v) is 4.55. The van der Waals surface area contributed by atoms with Gasteiger partial charge in [0, 0.05) is 31.6 Å². The molecule has 2 aliphatic rings. The van der Waals surface area contributed by atoms with Gasteiger partial charge in [0.2, 0.25) is 0 Å². The number of terminal acetylenes is 1. The SMILES string of the molecule is C#CCN(Cc1ccc(CN[C@@H]2C[C@H]2c2ccc(F)c(F)c2)cc1)CC1CCNCC1. The van der Waals surface area contributed by atoms with E-state index in [4.69, 9.17) is 6.42 Å². The molecule has 31 heavy (non-hydrogen) atoms. The Morgan fingerprint density at radius 3 is 2.48 bits per heavy atom. The minimum Gasteiger partial charge on any atom is -0.317 e. The van der Waals surface area contributed by atoms with Gasteiger partial charge in [0.25, 0.3) is 0 Å². The van der Waals surface area contributed by atoms with E-state index in [9.17, 15) is 8.78 Å². The molecule has 2 N–H and O–H groups in total. The Labute approximate surface area is 184 Å². The molecule has 0 spiro atoms. The van der Waals surface area contributed by atoms with Crippen molar-refractivity contribution in [2.24, 2.45) is 5.92 Å². The first-order chi connectivity index (χ1) is 15.1. The van der Waals surface area contributed by atoms with E-state index < -0.39 is 11.6 Å². The molecule has 5 heteroatoms. The van der Waals surface area contributed by atoms with Gasteiger partial charge >= 0.3 is 0 Å². The summed E-state index contributed by atoms with van der Waals surface area (Å²) in [6.45, 7) is 5.60. The lowest BCUT2D eigenvalue weighted by atomic mass is 9.97. The third-order valence-electron chi connectivity index (χ3n) is 6.45. The van der Waals surface area contributed by atoms with Gasteiger partial charge in [-0.15, -0.1) is 6.42 Å². The van der Waals surface area contributed by atoms with Gasteiger partial charge in [-0.2, -0.15) is 0 Å². The summed E-state index contributed by atoms with van der Waals surface area (Å²) in [5, 5.41) is 6.95. The number of benzene rings is 2. The van der Waals surface area contributed by atoms with Crippen LogP contribution in [0, 0.1) is 29.9 Å². The van der Waals surface area contributed by atoms with Crippen LogP contribution >= 0.6 is 0 Å². The molecule has 164 valence electrons. The summed E-state index contributed by atoms with van der Waals surface area (Å²) >= 11 is 0. The molecule has 2 aromatic rings. The topological polar surface area (TPSA) is 27.3 Å². The standard InChI is InChI=1S/C26H31F2N3/c1-2-13-31(18-21-9-11-29-12-10-21)17-20-5-3-19(4-6-20)16-30-26-15-23(26)22-7-8-24(27)25(28)14-22/h1,3-8,14,21,23,26,29-30H,9-13,15-18H2/t23-,26+/m0/s1. The molecule has 1 saturated heterocycles. The maximum absolute atomic E-state index is 13.4. The highest BCUT2D eigenvalue weighted by Gasteiger charge is 2.38. The minimum absolute atomic E-state index is 0.265. The summed E-state index contributed by atoms with van der Waals surface area (Å²) in [5.41, 5.74) is 3.37. The summed E-state index contributed by atoms with van der Waals surface area (Å²) in [4.78, 5) is 2.37. The molecule has 0 radical (unpaired) electrons. The number of halogens is 2. The molecular formula is C26H31F2N3. The first kappa shape index (κ1) is 22.0.